The van der Waals surface area contributed by atoms with Gasteiger partial charge >= 0.3 is 18.0 Å². The lowest BCUT2D eigenvalue weighted by atomic mass is 9.88. The van der Waals surface area contributed by atoms with Crippen LogP contribution in [0.4, 0.5) is 4.79 Å². The largest absolute Gasteiger partial charge is 0.491 e. The van der Waals surface area contributed by atoms with E-state index in [-0.39, 0.29) is 38.8 Å². The summed E-state index contributed by atoms with van der Waals surface area (Å²) in [5.41, 5.74) is 5.15. The number of hydrogen-bond acceptors (Lipinski definition) is 13. The lowest BCUT2D eigenvalue weighted by Gasteiger charge is -2.44. The number of rotatable bonds is 18. The van der Waals surface area contributed by atoms with E-state index >= 15 is 0 Å². The highest BCUT2D eigenvalue weighted by atomic mass is 16.7. The van der Waals surface area contributed by atoms with Crippen LogP contribution in [0.5, 0.6) is 5.75 Å². The minimum Gasteiger partial charge on any atom is -0.491 e. The average molecular weight is 656 g/mol. The van der Waals surface area contributed by atoms with E-state index in [4.69, 9.17) is 33.2 Å². The van der Waals surface area contributed by atoms with Gasteiger partial charge < -0.3 is 43.2 Å². The van der Waals surface area contributed by atoms with Gasteiger partial charge in [-0.15, -0.1) is 0 Å². The first-order chi connectivity index (χ1) is 22.0. The Morgan fingerprint density at radius 1 is 0.826 bits per heavy atom. The Bertz CT molecular complexity index is 1120. The van der Waals surface area contributed by atoms with Crippen LogP contribution in [0.3, 0.4) is 0 Å². The summed E-state index contributed by atoms with van der Waals surface area (Å²) >= 11 is 0. The first-order valence-corrected chi connectivity index (χ1v) is 14.9. The topological polar surface area (TPSA) is 195 Å². The van der Waals surface area contributed by atoms with Crippen LogP contribution < -0.4 is 20.9 Å². The summed E-state index contributed by atoms with van der Waals surface area (Å²) in [7, 11) is 0. The van der Waals surface area contributed by atoms with E-state index in [2.05, 4.69) is 20.9 Å². The van der Waals surface area contributed by atoms with Crippen molar-refractivity contribution in [3.05, 3.63) is 29.8 Å². The van der Waals surface area contributed by atoms with Gasteiger partial charge in [-0.25, -0.2) is 10.2 Å². The molecular formula is C30H45N3O13. The number of carbonyl (C=O) groups is 5. The maximum absolute atomic E-state index is 11.9. The maximum atomic E-state index is 11.9. The van der Waals surface area contributed by atoms with Crippen molar-refractivity contribution < 1.29 is 61.9 Å². The fourth-order valence-electron chi connectivity index (χ4n) is 4.40. The molecule has 1 heterocycles. The van der Waals surface area contributed by atoms with E-state index in [0.29, 0.717) is 32.2 Å². The van der Waals surface area contributed by atoms with Gasteiger partial charge in [-0.3, -0.25) is 24.6 Å². The van der Waals surface area contributed by atoms with Gasteiger partial charge in [-0.2, -0.15) is 0 Å². The number of carbonyl (C=O) groups excluding carboxylic acids is 5. The van der Waals surface area contributed by atoms with Crippen LogP contribution in [0.25, 0.3) is 0 Å². The summed E-state index contributed by atoms with van der Waals surface area (Å²) in [5, 5.41) is 2.79. The Labute approximate surface area is 268 Å². The molecule has 3 amide bonds. The van der Waals surface area contributed by atoms with Gasteiger partial charge in [0, 0.05) is 26.7 Å². The van der Waals surface area contributed by atoms with E-state index in [9.17, 15) is 24.0 Å². The molecule has 1 aliphatic heterocycles. The Hall–Kier alpha value is -3.99. The smallest absolute Gasteiger partial charge is 0.426 e. The average Bonchev–Trinajstić information content (AvgIpc) is 2.99. The molecule has 1 aliphatic rings. The second kappa shape index (κ2) is 20.9. The number of nitrogens with one attached hydrogen (secondary N) is 3. The molecule has 1 aromatic rings. The van der Waals surface area contributed by atoms with Crippen molar-refractivity contribution in [3.63, 3.8) is 0 Å². The molecule has 3 N–H and O–H groups in total. The lowest BCUT2D eigenvalue weighted by molar-refractivity contribution is -0.264. The quantitative estimate of drug-likeness (QED) is 0.0870. The number of hydrazine groups is 1. The summed E-state index contributed by atoms with van der Waals surface area (Å²) in [4.78, 5) is 58.0. The highest BCUT2D eigenvalue weighted by Gasteiger charge is 2.47. The van der Waals surface area contributed by atoms with E-state index in [1.165, 1.54) is 20.8 Å². The van der Waals surface area contributed by atoms with Crippen LogP contribution in [0.2, 0.25) is 0 Å². The van der Waals surface area contributed by atoms with Crippen molar-refractivity contribution in [3.8, 4) is 5.75 Å². The third kappa shape index (κ3) is 14.9. The number of benzene rings is 1. The summed E-state index contributed by atoms with van der Waals surface area (Å²) < 4.78 is 43.8. The molecule has 16 nitrogen and oxygen atoms in total. The van der Waals surface area contributed by atoms with Crippen LogP contribution in [-0.4, -0.2) is 107 Å². The third-order valence-corrected chi connectivity index (χ3v) is 6.42. The standard InChI is InChI=1S/C30H45N3O13/c1-6-41-30(38)33-32-26(37)17-23-7-9-24(10-8-23)42-15-13-39-11-12-40-14-16-43-29-27(31-20(3)34)19(2)28(45-22(5)36)25(46-29)18-44-21(4)35/h7-10,19,25,27-29H,6,11-18H2,1-5H3,(H,31,34)(H,32,37)(H,33,38)/t19-,25?,27?,28-,29-/m1/s1. The Balaban J connectivity index is 1.65. The van der Waals surface area contributed by atoms with Gasteiger partial charge in [0.15, 0.2) is 6.29 Å². The fourth-order valence-corrected chi connectivity index (χ4v) is 4.40. The zero-order valence-corrected chi connectivity index (χ0v) is 26.9. The van der Waals surface area contributed by atoms with Crippen molar-refractivity contribution in [1.82, 2.24) is 16.2 Å². The summed E-state index contributed by atoms with van der Waals surface area (Å²) in [6.07, 6.45) is -3.13. The molecule has 2 rings (SSSR count). The maximum Gasteiger partial charge on any atom is 0.426 e. The molecule has 1 aromatic carbocycles. The second-order valence-corrected chi connectivity index (χ2v) is 10.2. The first kappa shape index (κ1) is 38.2. The summed E-state index contributed by atoms with van der Waals surface area (Å²) in [6, 6.07) is 6.31. The SMILES string of the molecule is CCOC(=O)NNC(=O)Cc1ccc(OCCOCCOCCO[C@@H]2OC(COC(C)=O)[C@H](OC(C)=O)[C@H](C)C2NC(C)=O)cc1. The van der Waals surface area contributed by atoms with Crippen molar-refractivity contribution in [1.29, 1.82) is 0 Å². The van der Waals surface area contributed by atoms with Crippen LogP contribution in [0.15, 0.2) is 24.3 Å². The van der Waals surface area contributed by atoms with Crippen molar-refractivity contribution in [2.45, 2.75) is 65.6 Å². The number of esters is 2. The molecule has 0 bridgehead atoms. The molecule has 0 saturated carbocycles. The van der Waals surface area contributed by atoms with Crippen LogP contribution in [0, 0.1) is 5.92 Å². The van der Waals surface area contributed by atoms with Crippen LogP contribution in [0.1, 0.15) is 40.2 Å². The third-order valence-electron chi connectivity index (χ3n) is 6.42. The van der Waals surface area contributed by atoms with Gasteiger partial charge in [0.25, 0.3) is 0 Å². The van der Waals surface area contributed by atoms with Gasteiger partial charge in [0.2, 0.25) is 11.8 Å². The molecular weight excluding hydrogens is 610 g/mol. The van der Waals surface area contributed by atoms with Crippen molar-refractivity contribution in [2.24, 2.45) is 5.92 Å². The molecule has 1 saturated heterocycles. The molecule has 0 spiro atoms. The molecule has 0 radical (unpaired) electrons. The Kier molecular flexibility index (Phi) is 17.4. The molecule has 0 aliphatic carbocycles. The molecule has 0 aromatic heterocycles. The molecule has 2 unspecified atom stereocenters. The number of hydrogen-bond donors (Lipinski definition) is 3. The molecule has 16 heteroatoms. The highest BCUT2D eigenvalue weighted by molar-refractivity contribution is 5.81. The van der Waals surface area contributed by atoms with Crippen LogP contribution in [-0.2, 0) is 58.8 Å². The normalized spacial score (nSPS) is 20.6. The second-order valence-electron chi connectivity index (χ2n) is 10.2. The van der Waals surface area contributed by atoms with E-state index in [0.717, 1.165) is 5.56 Å². The number of amides is 3. The minimum atomic E-state index is -0.900. The lowest BCUT2D eigenvalue weighted by Crippen LogP contribution is -2.62. The van der Waals surface area contributed by atoms with Gasteiger partial charge in [-0.1, -0.05) is 19.1 Å². The Morgan fingerprint density at radius 2 is 1.48 bits per heavy atom. The van der Waals surface area contributed by atoms with Gasteiger partial charge in [-0.05, 0) is 24.6 Å². The van der Waals surface area contributed by atoms with Crippen LogP contribution >= 0.6 is 0 Å². The first-order valence-electron chi connectivity index (χ1n) is 14.9. The Morgan fingerprint density at radius 3 is 2.09 bits per heavy atom. The molecule has 1 fully saturated rings. The summed E-state index contributed by atoms with van der Waals surface area (Å²) in [6.45, 7) is 8.97. The summed E-state index contributed by atoms with van der Waals surface area (Å²) in [5.74, 6) is -1.55. The zero-order chi connectivity index (χ0) is 33.9. The predicted octanol–water partition coefficient (Wildman–Crippen LogP) is 0.796. The van der Waals surface area contributed by atoms with E-state index in [1.807, 2.05) is 0 Å². The zero-order valence-electron chi connectivity index (χ0n) is 26.9. The fraction of sp³-hybridized carbons (Fsp3) is 0.633. The molecule has 5 atom stereocenters. The predicted molar refractivity (Wildman–Crippen MR) is 159 cm³/mol. The molecule has 258 valence electrons. The highest BCUT2D eigenvalue weighted by Crippen LogP contribution is 2.29. The monoisotopic (exact) mass is 655 g/mol. The van der Waals surface area contributed by atoms with Gasteiger partial charge in [0.05, 0.1) is 52.1 Å². The number of ether oxygens (including phenoxy) is 8. The van der Waals surface area contributed by atoms with E-state index in [1.54, 1.807) is 38.1 Å². The molecule has 46 heavy (non-hydrogen) atoms. The minimum absolute atomic E-state index is 0.0661. The van der Waals surface area contributed by atoms with Crippen molar-refractivity contribution >= 4 is 29.8 Å². The van der Waals surface area contributed by atoms with Gasteiger partial charge in [0.1, 0.15) is 31.2 Å². The van der Waals surface area contributed by atoms with E-state index < -0.39 is 54.4 Å². The van der Waals surface area contributed by atoms with Crippen molar-refractivity contribution in [2.75, 3.05) is 52.9 Å².